The van der Waals surface area contributed by atoms with Gasteiger partial charge < -0.3 is 14.5 Å². The fourth-order valence-electron chi connectivity index (χ4n) is 4.03. The van der Waals surface area contributed by atoms with Crippen LogP contribution in [0, 0.1) is 0 Å². The van der Waals surface area contributed by atoms with E-state index in [1.165, 1.54) is 0 Å². The Morgan fingerprint density at radius 1 is 1.16 bits per heavy atom. The van der Waals surface area contributed by atoms with Gasteiger partial charge in [-0.3, -0.25) is 9.78 Å². The van der Waals surface area contributed by atoms with Crippen LogP contribution in [-0.4, -0.2) is 60.1 Å². The quantitative estimate of drug-likeness (QED) is 0.594. The summed E-state index contributed by atoms with van der Waals surface area (Å²) in [7, 11) is 5.60. The summed E-state index contributed by atoms with van der Waals surface area (Å²) in [5.74, 6) is 2.64. The maximum atomic E-state index is 13.0. The number of pyridine rings is 1. The van der Waals surface area contributed by atoms with Crippen molar-refractivity contribution in [3.8, 4) is 17.1 Å². The Labute approximate surface area is 189 Å². The summed E-state index contributed by atoms with van der Waals surface area (Å²) in [5, 5.41) is 0. The number of likely N-dealkylation sites (tertiary alicyclic amines) is 1. The van der Waals surface area contributed by atoms with Gasteiger partial charge in [-0.05, 0) is 42.7 Å². The monoisotopic (exact) mass is 431 g/mol. The fourth-order valence-corrected chi connectivity index (χ4v) is 4.03. The van der Waals surface area contributed by atoms with Crippen molar-refractivity contribution in [3.05, 3.63) is 66.1 Å². The van der Waals surface area contributed by atoms with Crippen molar-refractivity contribution in [2.45, 2.75) is 25.2 Å². The summed E-state index contributed by atoms with van der Waals surface area (Å²) in [6, 6.07) is 13.6. The third kappa shape index (κ3) is 5.04. The van der Waals surface area contributed by atoms with E-state index < -0.39 is 0 Å². The van der Waals surface area contributed by atoms with Gasteiger partial charge in [0.15, 0.2) is 5.82 Å². The average Bonchev–Trinajstić information content (AvgIpc) is 2.84. The zero-order valence-corrected chi connectivity index (χ0v) is 18.9. The summed E-state index contributed by atoms with van der Waals surface area (Å²) in [6.07, 6.45) is 5.84. The van der Waals surface area contributed by atoms with Crippen LogP contribution in [0.3, 0.4) is 0 Å². The highest BCUT2D eigenvalue weighted by Crippen LogP contribution is 2.30. The molecule has 1 saturated heterocycles. The topological polar surface area (TPSA) is 71.5 Å². The van der Waals surface area contributed by atoms with Crippen LogP contribution in [0.25, 0.3) is 11.4 Å². The molecule has 0 spiro atoms. The van der Waals surface area contributed by atoms with E-state index in [0.717, 1.165) is 47.8 Å². The van der Waals surface area contributed by atoms with Crippen LogP contribution in [0.1, 0.15) is 30.0 Å². The number of rotatable bonds is 6. The van der Waals surface area contributed by atoms with Gasteiger partial charge in [0.2, 0.25) is 5.91 Å². The molecule has 1 aromatic carbocycles. The molecule has 7 heteroatoms. The van der Waals surface area contributed by atoms with Crippen LogP contribution < -0.4 is 9.64 Å². The van der Waals surface area contributed by atoms with Crippen LogP contribution in [0.5, 0.6) is 5.75 Å². The Hall–Kier alpha value is -3.48. The van der Waals surface area contributed by atoms with Gasteiger partial charge in [0.05, 0.1) is 19.2 Å². The number of carbonyl (C=O) groups is 1. The summed E-state index contributed by atoms with van der Waals surface area (Å²) in [5.41, 5.74) is 2.88. The highest BCUT2D eigenvalue weighted by molar-refractivity contribution is 5.79. The van der Waals surface area contributed by atoms with Gasteiger partial charge >= 0.3 is 0 Å². The Balaban J connectivity index is 1.54. The standard InChI is InChI=1S/C25H29N5O2/c1-29(2)23-16-22(27-25(28-23)19-9-11-26-12-10-19)20-7-5-13-30(17-20)24(31)15-18-6-4-8-21(14-18)32-3/h4,6,8-12,14,16,20H,5,7,13,15,17H2,1-3H3/t20-/m1/s1. The van der Waals surface area contributed by atoms with E-state index in [9.17, 15) is 4.79 Å². The van der Waals surface area contributed by atoms with Crippen molar-refractivity contribution < 1.29 is 9.53 Å². The molecule has 1 atom stereocenters. The minimum absolute atomic E-state index is 0.138. The maximum Gasteiger partial charge on any atom is 0.227 e. The molecule has 166 valence electrons. The van der Waals surface area contributed by atoms with Crippen LogP contribution >= 0.6 is 0 Å². The minimum Gasteiger partial charge on any atom is -0.497 e. The van der Waals surface area contributed by atoms with Gasteiger partial charge in [0.25, 0.3) is 0 Å². The first-order valence-electron chi connectivity index (χ1n) is 10.9. The van der Waals surface area contributed by atoms with Gasteiger partial charge in [-0.15, -0.1) is 0 Å². The smallest absolute Gasteiger partial charge is 0.227 e. The van der Waals surface area contributed by atoms with Crippen LogP contribution in [-0.2, 0) is 11.2 Å². The Bertz CT molecular complexity index is 1070. The van der Waals surface area contributed by atoms with E-state index >= 15 is 0 Å². The summed E-state index contributed by atoms with van der Waals surface area (Å²) < 4.78 is 5.29. The van der Waals surface area contributed by atoms with Crippen molar-refractivity contribution in [2.24, 2.45) is 0 Å². The third-order valence-corrected chi connectivity index (χ3v) is 5.81. The molecule has 32 heavy (non-hydrogen) atoms. The van der Waals surface area contributed by atoms with Crippen molar-refractivity contribution in [3.63, 3.8) is 0 Å². The molecule has 0 N–H and O–H groups in total. The summed E-state index contributed by atoms with van der Waals surface area (Å²) >= 11 is 0. The molecule has 7 nitrogen and oxygen atoms in total. The lowest BCUT2D eigenvalue weighted by Crippen LogP contribution is -2.40. The second kappa shape index (κ2) is 9.77. The SMILES string of the molecule is COc1cccc(CC(=O)N2CCC[C@@H](c3cc(N(C)C)nc(-c4ccncc4)n3)C2)c1. The molecule has 0 bridgehead atoms. The average molecular weight is 432 g/mol. The lowest BCUT2D eigenvalue weighted by Gasteiger charge is -2.33. The minimum atomic E-state index is 0.138. The molecule has 4 rings (SSSR count). The van der Waals surface area contributed by atoms with E-state index in [1.807, 2.05) is 66.4 Å². The zero-order chi connectivity index (χ0) is 22.5. The summed E-state index contributed by atoms with van der Waals surface area (Å²) in [6.45, 7) is 1.45. The molecule has 2 aromatic heterocycles. The number of ether oxygens (including phenoxy) is 1. The molecular formula is C25H29N5O2. The maximum absolute atomic E-state index is 13.0. The highest BCUT2D eigenvalue weighted by atomic mass is 16.5. The highest BCUT2D eigenvalue weighted by Gasteiger charge is 2.27. The fraction of sp³-hybridized carbons (Fsp3) is 0.360. The molecule has 0 unspecified atom stereocenters. The number of hydrogen-bond donors (Lipinski definition) is 0. The number of amides is 1. The van der Waals surface area contributed by atoms with Crippen molar-refractivity contribution in [1.82, 2.24) is 19.9 Å². The number of piperidine rings is 1. The second-order valence-corrected chi connectivity index (χ2v) is 8.31. The van der Waals surface area contributed by atoms with E-state index in [4.69, 9.17) is 14.7 Å². The molecule has 0 radical (unpaired) electrons. The first kappa shape index (κ1) is 21.7. The van der Waals surface area contributed by atoms with Gasteiger partial charge in [0.1, 0.15) is 11.6 Å². The Kier molecular flexibility index (Phi) is 6.63. The first-order valence-corrected chi connectivity index (χ1v) is 10.9. The van der Waals surface area contributed by atoms with E-state index in [2.05, 4.69) is 4.98 Å². The molecule has 1 amide bonds. The third-order valence-electron chi connectivity index (χ3n) is 5.81. The van der Waals surface area contributed by atoms with Crippen molar-refractivity contribution >= 4 is 11.7 Å². The van der Waals surface area contributed by atoms with Gasteiger partial charge in [-0.2, -0.15) is 0 Å². The molecule has 1 aliphatic heterocycles. The largest absolute Gasteiger partial charge is 0.497 e. The predicted octanol–water partition coefficient (Wildman–Crippen LogP) is 3.56. The molecule has 1 fully saturated rings. The van der Waals surface area contributed by atoms with E-state index in [1.54, 1.807) is 19.5 Å². The van der Waals surface area contributed by atoms with Crippen LogP contribution in [0.15, 0.2) is 54.9 Å². The molecular weight excluding hydrogens is 402 g/mol. The van der Waals surface area contributed by atoms with Crippen LogP contribution in [0.4, 0.5) is 5.82 Å². The number of hydrogen-bond acceptors (Lipinski definition) is 6. The number of benzene rings is 1. The summed E-state index contributed by atoms with van der Waals surface area (Å²) in [4.78, 5) is 30.7. The number of carbonyl (C=O) groups excluding carboxylic acids is 1. The Morgan fingerprint density at radius 3 is 2.72 bits per heavy atom. The molecule has 0 aliphatic carbocycles. The number of nitrogens with zero attached hydrogens (tertiary/aromatic N) is 5. The molecule has 3 heterocycles. The second-order valence-electron chi connectivity index (χ2n) is 8.31. The first-order chi connectivity index (χ1) is 15.5. The number of methoxy groups -OCH3 is 1. The van der Waals surface area contributed by atoms with Gasteiger partial charge in [-0.1, -0.05) is 12.1 Å². The van der Waals surface area contributed by atoms with Gasteiger partial charge in [0, 0.05) is 57.1 Å². The number of aromatic nitrogens is 3. The Morgan fingerprint density at radius 2 is 1.97 bits per heavy atom. The molecule has 3 aromatic rings. The van der Waals surface area contributed by atoms with Crippen LogP contribution in [0.2, 0.25) is 0 Å². The lowest BCUT2D eigenvalue weighted by atomic mass is 9.93. The molecule has 1 aliphatic rings. The normalized spacial score (nSPS) is 16.0. The lowest BCUT2D eigenvalue weighted by molar-refractivity contribution is -0.131. The number of anilines is 1. The van der Waals surface area contributed by atoms with E-state index in [-0.39, 0.29) is 11.8 Å². The van der Waals surface area contributed by atoms with Crippen molar-refractivity contribution in [2.75, 3.05) is 39.2 Å². The van der Waals surface area contributed by atoms with Gasteiger partial charge in [-0.25, -0.2) is 9.97 Å². The predicted molar refractivity (Wildman–Crippen MR) is 125 cm³/mol. The van der Waals surface area contributed by atoms with E-state index in [0.29, 0.717) is 18.8 Å². The van der Waals surface area contributed by atoms with Crippen molar-refractivity contribution in [1.29, 1.82) is 0 Å². The zero-order valence-electron chi connectivity index (χ0n) is 18.9. The molecule has 0 saturated carbocycles.